The molecule has 1 aromatic rings. The molecule has 0 amide bonds. The van der Waals surface area contributed by atoms with Gasteiger partial charge in [-0.2, -0.15) is 0 Å². The molecule has 0 unspecified atom stereocenters. The van der Waals surface area contributed by atoms with E-state index in [9.17, 15) is 0 Å². The van der Waals surface area contributed by atoms with E-state index in [0.29, 0.717) is 13.2 Å². The van der Waals surface area contributed by atoms with Crippen molar-refractivity contribution in [2.75, 3.05) is 6.61 Å². The van der Waals surface area contributed by atoms with E-state index in [1.165, 1.54) is 0 Å². The van der Waals surface area contributed by atoms with Crippen molar-refractivity contribution < 1.29 is 4.74 Å². The summed E-state index contributed by atoms with van der Waals surface area (Å²) in [7, 11) is 0. The van der Waals surface area contributed by atoms with Gasteiger partial charge >= 0.3 is 0 Å². The molecule has 0 radical (unpaired) electrons. The van der Waals surface area contributed by atoms with Crippen LogP contribution in [-0.4, -0.2) is 6.61 Å². The topological polar surface area (TPSA) is 35.2 Å². The molecule has 0 saturated heterocycles. The van der Waals surface area contributed by atoms with Crippen molar-refractivity contribution in [3.8, 4) is 5.75 Å². The van der Waals surface area contributed by atoms with Crippen molar-refractivity contribution in [2.45, 2.75) is 26.8 Å². The number of halogens is 1. The first-order valence-electron chi connectivity index (χ1n) is 5.37. The van der Waals surface area contributed by atoms with E-state index in [4.69, 9.17) is 10.5 Å². The molecule has 0 bridgehead atoms. The SMILES string of the molecule is C=C(CC)COc1c(C)cc(Br)cc1CN. The maximum atomic E-state index is 5.77. The highest BCUT2D eigenvalue weighted by Gasteiger charge is 2.08. The molecule has 2 N–H and O–H groups in total. The molecule has 3 heteroatoms. The van der Waals surface area contributed by atoms with Crippen LogP contribution in [0.3, 0.4) is 0 Å². The standard InChI is InChI=1S/C13H18BrNO/c1-4-9(2)8-16-13-10(3)5-12(14)6-11(13)7-15/h5-6H,2,4,7-8,15H2,1,3H3. The summed E-state index contributed by atoms with van der Waals surface area (Å²) in [5.41, 5.74) is 8.91. The van der Waals surface area contributed by atoms with E-state index in [1.54, 1.807) is 0 Å². The van der Waals surface area contributed by atoms with E-state index >= 15 is 0 Å². The molecule has 0 fully saturated rings. The van der Waals surface area contributed by atoms with Crippen LogP contribution in [0.1, 0.15) is 24.5 Å². The molecule has 0 heterocycles. The summed E-state index contributed by atoms with van der Waals surface area (Å²) in [6.07, 6.45) is 0.938. The Bertz CT molecular complexity index is 388. The molecule has 0 aliphatic carbocycles. The summed E-state index contributed by atoms with van der Waals surface area (Å²) in [5.74, 6) is 0.889. The number of hydrogen-bond donors (Lipinski definition) is 1. The third kappa shape index (κ3) is 3.35. The van der Waals surface area contributed by atoms with Gasteiger partial charge in [0.05, 0.1) is 0 Å². The Labute approximate surface area is 106 Å². The molecular weight excluding hydrogens is 266 g/mol. The predicted molar refractivity (Wildman–Crippen MR) is 71.7 cm³/mol. The fourth-order valence-electron chi connectivity index (χ4n) is 1.43. The van der Waals surface area contributed by atoms with E-state index in [-0.39, 0.29) is 0 Å². The zero-order valence-electron chi connectivity index (χ0n) is 9.85. The van der Waals surface area contributed by atoms with Crippen LogP contribution in [0.25, 0.3) is 0 Å². The molecule has 0 spiro atoms. The third-order valence-corrected chi connectivity index (χ3v) is 2.91. The van der Waals surface area contributed by atoms with Gasteiger partial charge in [0.2, 0.25) is 0 Å². The van der Waals surface area contributed by atoms with Crippen molar-refractivity contribution >= 4 is 15.9 Å². The molecule has 0 aliphatic heterocycles. The Morgan fingerprint density at radius 3 is 2.75 bits per heavy atom. The molecule has 0 aliphatic rings. The summed E-state index contributed by atoms with van der Waals surface area (Å²) in [4.78, 5) is 0. The lowest BCUT2D eigenvalue weighted by molar-refractivity contribution is 0.343. The van der Waals surface area contributed by atoms with E-state index in [2.05, 4.69) is 29.4 Å². The van der Waals surface area contributed by atoms with Gasteiger partial charge in [0.15, 0.2) is 0 Å². The van der Waals surface area contributed by atoms with Crippen LogP contribution in [0.15, 0.2) is 28.8 Å². The van der Waals surface area contributed by atoms with Gasteiger partial charge in [0, 0.05) is 16.6 Å². The van der Waals surface area contributed by atoms with Gasteiger partial charge in [-0.3, -0.25) is 0 Å². The first-order valence-corrected chi connectivity index (χ1v) is 6.16. The largest absolute Gasteiger partial charge is 0.489 e. The molecule has 0 saturated carbocycles. The molecule has 2 nitrogen and oxygen atoms in total. The normalized spacial score (nSPS) is 10.2. The first kappa shape index (κ1) is 13.3. The highest BCUT2D eigenvalue weighted by Crippen LogP contribution is 2.28. The van der Waals surface area contributed by atoms with Crippen molar-refractivity contribution in [2.24, 2.45) is 5.73 Å². The van der Waals surface area contributed by atoms with Gasteiger partial charge in [-0.25, -0.2) is 0 Å². The Balaban J connectivity index is 2.89. The minimum Gasteiger partial charge on any atom is -0.489 e. The lowest BCUT2D eigenvalue weighted by Gasteiger charge is -2.14. The van der Waals surface area contributed by atoms with Crippen LogP contribution in [0.4, 0.5) is 0 Å². The zero-order chi connectivity index (χ0) is 12.1. The Morgan fingerprint density at radius 2 is 2.19 bits per heavy atom. The monoisotopic (exact) mass is 283 g/mol. The van der Waals surface area contributed by atoms with Crippen molar-refractivity contribution in [3.63, 3.8) is 0 Å². The Kier molecular flexibility index (Phi) is 5.03. The number of hydrogen-bond acceptors (Lipinski definition) is 2. The quantitative estimate of drug-likeness (QED) is 0.839. The van der Waals surface area contributed by atoms with Crippen LogP contribution in [0, 0.1) is 6.92 Å². The first-order chi connectivity index (χ1) is 7.58. The van der Waals surface area contributed by atoms with Gasteiger partial charge in [-0.15, -0.1) is 0 Å². The van der Waals surface area contributed by atoms with Crippen molar-refractivity contribution in [1.82, 2.24) is 0 Å². The Morgan fingerprint density at radius 1 is 1.50 bits per heavy atom. The lowest BCUT2D eigenvalue weighted by atomic mass is 10.1. The number of ether oxygens (including phenoxy) is 1. The van der Waals surface area contributed by atoms with E-state index in [0.717, 1.165) is 33.3 Å². The number of aryl methyl sites for hydroxylation is 1. The molecule has 0 aromatic heterocycles. The lowest BCUT2D eigenvalue weighted by Crippen LogP contribution is -2.06. The van der Waals surface area contributed by atoms with E-state index in [1.807, 2.05) is 19.1 Å². The van der Waals surface area contributed by atoms with Gasteiger partial charge < -0.3 is 10.5 Å². The predicted octanol–water partition coefficient (Wildman–Crippen LogP) is 3.56. The van der Waals surface area contributed by atoms with Gasteiger partial charge in [-0.05, 0) is 36.6 Å². The fourth-order valence-corrected chi connectivity index (χ4v) is 2.05. The minimum absolute atomic E-state index is 0.480. The summed E-state index contributed by atoms with van der Waals surface area (Å²) >= 11 is 3.45. The van der Waals surface area contributed by atoms with Gasteiger partial charge in [0.1, 0.15) is 12.4 Å². The van der Waals surface area contributed by atoms with Gasteiger partial charge in [-0.1, -0.05) is 29.4 Å². The second-order valence-corrected chi connectivity index (χ2v) is 4.72. The number of rotatable bonds is 5. The maximum absolute atomic E-state index is 5.77. The Hall–Kier alpha value is -0.800. The zero-order valence-corrected chi connectivity index (χ0v) is 11.4. The summed E-state index contributed by atoms with van der Waals surface area (Å²) < 4.78 is 6.80. The van der Waals surface area contributed by atoms with Crippen LogP contribution < -0.4 is 10.5 Å². The number of benzene rings is 1. The second-order valence-electron chi connectivity index (χ2n) is 3.81. The molecule has 88 valence electrons. The van der Waals surface area contributed by atoms with Crippen molar-refractivity contribution in [3.05, 3.63) is 39.9 Å². The molecule has 0 atom stereocenters. The third-order valence-electron chi connectivity index (χ3n) is 2.46. The molecular formula is C13H18BrNO. The maximum Gasteiger partial charge on any atom is 0.127 e. The molecule has 16 heavy (non-hydrogen) atoms. The van der Waals surface area contributed by atoms with Gasteiger partial charge in [0.25, 0.3) is 0 Å². The molecule has 1 aromatic carbocycles. The van der Waals surface area contributed by atoms with Crippen LogP contribution in [0.5, 0.6) is 5.75 Å². The fraction of sp³-hybridized carbons (Fsp3) is 0.385. The van der Waals surface area contributed by atoms with Crippen LogP contribution >= 0.6 is 15.9 Å². The highest BCUT2D eigenvalue weighted by molar-refractivity contribution is 9.10. The summed E-state index contributed by atoms with van der Waals surface area (Å²) in [5, 5.41) is 0. The second kappa shape index (κ2) is 6.06. The average Bonchev–Trinajstić information content (AvgIpc) is 2.26. The summed E-state index contributed by atoms with van der Waals surface area (Å²) in [6, 6.07) is 4.03. The van der Waals surface area contributed by atoms with E-state index < -0.39 is 0 Å². The van der Waals surface area contributed by atoms with Crippen LogP contribution in [-0.2, 0) is 6.54 Å². The number of nitrogens with two attached hydrogens (primary N) is 1. The average molecular weight is 284 g/mol. The highest BCUT2D eigenvalue weighted by atomic mass is 79.9. The molecule has 1 rings (SSSR count). The smallest absolute Gasteiger partial charge is 0.127 e. The van der Waals surface area contributed by atoms with Crippen molar-refractivity contribution in [1.29, 1.82) is 0 Å². The summed E-state index contributed by atoms with van der Waals surface area (Å²) in [6.45, 7) is 9.06. The van der Waals surface area contributed by atoms with Crippen LogP contribution in [0.2, 0.25) is 0 Å². The minimum atomic E-state index is 0.480.